The molecular formula is C25H23N3O4. The molecule has 1 fully saturated rings. The summed E-state index contributed by atoms with van der Waals surface area (Å²) in [4.78, 5) is 27.6. The third-order valence-electron chi connectivity index (χ3n) is 5.88. The Morgan fingerprint density at radius 1 is 1.12 bits per heavy atom. The summed E-state index contributed by atoms with van der Waals surface area (Å²) >= 11 is 0. The number of nitrogens with one attached hydrogen (secondary N) is 2. The molecule has 2 aliphatic rings. The van der Waals surface area contributed by atoms with Crippen LogP contribution in [0.3, 0.4) is 0 Å². The van der Waals surface area contributed by atoms with Crippen molar-refractivity contribution in [1.82, 2.24) is 5.32 Å². The second kappa shape index (κ2) is 7.60. The molecule has 2 N–H and O–H groups in total. The van der Waals surface area contributed by atoms with Gasteiger partial charge in [0.15, 0.2) is 5.72 Å². The lowest BCUT2D eigenvalue weighted by Crippen LogP contribution is -2.65. The van der Waals surface area contributed by atoms with Crippen molar-refractivity contribution in [2.75, 3.05) is 17.3 Å². The molecule has 3 aromatic rings. The van der Waals surface area contributed by atoms with Gasteiger partial charge in [-0.2, -0.15) is 0 Å². The van der Waals surface area contributed by atoms with Gasteiger partial charge in [-0.05, 0) is 43.3 Å². The summed E-state index contributed by atoms with van der Waals surface area (Å²) in [7, 11) is 1.57. The first-order chi connectivity index (χ1) is 15.5. The molecule has 0 aliphatic carbocycles. The van der Waals surface area contributed by atoms with Gasteiger partial charge in [0, 0.05) is 29.3 Å². The highest BCUT2D eigenvalue weighted by Crippen LogP contribution is 2.45. The highest BCUT2D eigenvalue weighted by molar-refractivity contribution is 6.05. The molecule has 2 bridgehead atoms. The molecule has 1 saturated heterocycles. The van der Waals surface area contributed by atoms with Crippen molar-refractivity contribution in [3.8, 4) is 11.5 Å². The van der Waals surface area contributed by atoms with Crippen LogP contribution in [-0.4, -0.2) is 24.8 Å². The predicted molar refractivity (Wildman–Crippen MR) is 121 cm³/mol. The van der Waals surface area contributed by atoms with Crippen molar-refractivity contribution in [3.63, 3.8) is 0 Å². The van der Waals surface area contributed by atoms with Gasteiger partial charge in [-0.1, -0.05) is 30.3 Å². The predicted octanol–water partition coefficient (Wildman–Crippen LogP) is 4.72. The lowest BCUT2D eigenvalue weighted by atomic mass is 9.90. The molecular weight excluding hydrogens is 406 g/mol. The zero-order valence-corrected chi connectivity index (χ0v) is 17.8. The normalized spacial score (nSPS) is 21.1. The average Bonchev–Trinajstić information content (AvgIpc) is 2.79. The molecule has 2 unspecified atom stereocenters. The first-order valence-corrected chi connectivity index (χ1v) is 10.4. The van der Waals surface area contributed by atoms with E-state index in [2.05, 4.69) is 10.6 Å². The van der Waals surface area contributed by atoms with E-state index >= 15 is 0 Å². The third-order valence-corrected chi connectivity index (χ3v) is 5.88. The molecule has 32 heavy (non-hydrogen) atoms. The Bertz CT molecular complexity index is 1210. The highest BCUT2D eigenvalue weighted by Gasteiger charge is 2.49. The number of para-hydroxylation sites is 1. The van der Waals surface area contributed by atoms with Crippen LogP contribution in [0.15, 0.2) is 72.8 Å². The van der Waals surface area contributed by atoms with Crippen molar-refractivity contribution in [3.05, 3.63) is 83.9 Å². The first-order valence-electron chi connectivity index (χ1n) is 10.4. The minimum Gasteiger partial charge on any atom is -0.497 e. The van der Waals surface area contributed by atoms with E-state index in [1.165, 1.54) is 0 Å². The van der Waals surface area contributed by atoms with E-state index in [-0.39, 0.29) is 18.0 Å². The van der Waals surface area contributed by atoms with Crippen LogP contribution in [0.25, 0.3) is 0 Å². The van der Waals surface area contributed by atoms with Crippen LogP contribution < -0.4 is 25.0 Å². The van der Waals surface area contributed by atoms with Gasteiger partial charge in [0.05, 0.1) is 18.8 Å². The van der Waals surface area contributed by atoms with E-state index in [0.29, 0.717) is 29.1 Å². The van der Waals surface area contributed by atoms with E-state index in [1.54, 1.807) is 54.5 Å². The molecule has 0 saturated carbocycles. The zero-order chi connectivity index (χ0) is 22.3. The van der Waals surface area contributed by atoms with E-state index in [9.17, 15) is 9.59 Å². The SMILES string of the molecule is COc1cccc(NC(=O)c2cccc(N3C(=O)NC4CC3(C)Oc3ccccc34)c2)c1. The van der Waals surface area contributed by atoms with Gasteiger partial charge in [0.1, 0.15) is 11.5 Å². The van der Waals surface area contributed by atoms with Gasteiger partial charge in [0.2, 0.25) is 0 Å². The van der Waals surface area contributed by atoms with E-state index in [4.69, 9.17) is 9.47 Å². The standard InChI is InChI=1S/C25H23N3O4/c1-25-15-21(20-11-3-4-12-22(20)32-25)27-24(30)28(25)18-9-5-7-16(13-18)23(29)26-17-8-6-10-19(14-17)31-2/h3-14,21H,15H2,1-2H3,(H,26,29)(H,27,30). The summed E-state index contributed by atoms with van der Waals surface area (Å²) in [6.07, 6.45) is 0.593. The van der Waals surface area contributed by atoms with Crippen LogP contribution in [-0.2, 0) is 0 Å². The topological polar surface area (TPSA) is 79.9 Å². The Hall–Kier alpha value is -4.00. The molecule has 5 rings (SSSR count). The van der Waals surface area contributed by atoms with Gasteiger partial charge >= 0.3 is 6.03 Å². The number of anilines is 2. The van der Waals surface area contributed by atoms with Crippen molar-refractivity contribution < 1.29 is 19.1 Å². The van der Waals surface area contributed by atoms with Crippen LogP contribution >= 0.6 is 0 Å². The Kier molecular flexibility index (Phi) is 4.74. The average molecular weight is 429 g/mol. The van der Waals surface area contributed by atoms with Crippen molar-refractivity contribution in [2.45, 2.75) is 25.1 Å². The lowest BCUT2D eigenvalue weighted by Gasteiger charge is -2.50. The van der Waals surface area contributed by atoms with Crippen LogP contribution in [0.4, 0.5) is 16.2 Å². The fraction of sp³-hybridized carbons (Fsp3) is 0.200. The van der Waals surface area contributed by atoms with E-state index in [1.807, 2.05) is 37.3 Å². The molecule has 3 amide bonds. The molecule has 2 atom stereocenters. The van der Waals surface area contributed by atoms with Crippen molar-refractivity contribution >= 4 is 23.3 Å². The third kappa shape index (κ3) is 3.41. The summed E-state index contributed by atoms with van der Waals surface area (Å²) in [5, 5.41) is 5.94. The number of hydrogen-bond donors (Lipinski definition) is 2. The number of amides is 3. The second-order valence-electron chi connectivity index (χ2n) is 8.09. The number of ether oxygens (including phenoxy) is 2. The molecule has 0 spiro atoms. The number of nitrogens with zero attached hydrogens (tertiary/aromatic N) is 1. The summed E-state index contributed by atoms with van der Waals surface area (Å²) in [5.74, 6) is 1.12. The number of hydrogen-bond acceptors (Lipinski definition) is 4. The molecule has 0 radical (unpaired) electrons. The Labute approximate surface area is 185 Å². The highest BCUT2D eigenvalue weighted by atomic mass is 16.5. The van der Waals surface area contributed by atoms with Crippen LogP contribution in [0.1, 0.15) is 35.3 Å². The Balaban J connectivity index is 1.44. The minimum absolute atomic E-state index is 0.117. The molecule has 2 heterocycles. The smallest absolute Gasteiger partial charge is 0.325 e. The van der Waals surface area contributed by atoms with Crippen LogP contribution in [0.5, 0.6) is 11.5 Å². The molecule has 7 nitrogen and oxygen atoms in total. The largest absolute Gasteiger partial charge is 0.497 e. The summed E-state index contributed by atoms with van der Waals surface area (Å²) in [6, 6.07) is 21.5. The van der Waals surface area contributed by atoms with Gasteiger partial charge < -0.3 is 20.1 Å². The summed E-state index contributed by atoms with van der Waals surface area (Å²) in [5.41, 5.74) is 1.74. The molecule has 0 aromatic heterocycles. The molecule has 3 aromatic carbocycles. The van der Waals surface area contributed by atoms with Crippen LogP contribution in [0.2, 0.25) is 0 Å². The molecule has 7 heteroatoms. The maximum absolute atomic E-state index is 13.1. The maximum Gasteiger partial charge on any atom is 0.325 e. The molecule has 162 valence electrons. The molecule has 2 aliphatic heterocycles. The van der Waals surface area contributed by atoms with Crippen LogP contribution in [0, 0.1) is 0 Å². The fourth-order valence-corrected chi connectivity index (χ4v) is 4.40. The van der Waals surface area contributed by atoms with Crippen molar-refractivity contribution in [2.24, 2.45) is 0 Å². The Morgan fingerprint density at radius 2 is 1.94 bits per heavy atom. The van der Waals surface area contributed by atoms with Gasteiger partial charge in [0.25, 0.3) is 5.91 Å². The summed E-state index contributed by atoms with van der Waals surface area (Å²) in [6.45, 7) is 1.90. The van der Waals surface area contributed by atoms with Crippen molar-refractivity contribution in [1.29, 1.82) is 0 Å². The number of fused-ring (bicyclic) bond motifs is 4. The van der Waals surface area contributed by atoms with Gasteiger partial charge in [-0.15, -0.1) is 0 Å². The number of urea groups is 1. The Morgan fingerprint density at radius 3 is 2.78 bits per heavy atom. The number of rotatable bonds is 4. The first kappa shape index (κ1) is 19.9. The van der Waals surface area contributed by atoms with Gasteiger partial charge in [-0.25, -0.2) is 4.79 Å². The summed E-state index contributed by atoms with van der Waals surface area (Å²) < 4.78 is 11.5. The number of benzene rings is 3. The maximum atomic E-state index is 13.1. The lowest BCUT2D eigenvalue weighted by molar-refractivity contribution is 0.0378. The quantitative estimate of drug-likeness (QED) is 0.629. The number of carbonyl (C=O) groups excluding carboxylic acids is 2. The van der Waals surface area contributed by atoms with Gasteiger partial charge in [-0.3, -0.25) is 9.69 Å². The number of methoxy groups -OCH3 is 1. The number of carbonyl (C=O) groups is 2. The minimum atomic E-state index is -0.872. The van der Waals surface area contributed by atoms with E-state index in [0.717, 1.165) is 11.3 Å². The monoisotopic (exact) mass is 429 g/mol. The van der Waals surface area contributed by atoms with E-state index < -0.39 is 5.72 Å². The second-order valence-corrected chi connectivity index (χ2v) is 8.09. The fourth-order valence-electron chi connectivity index (χ4n) is 4.40. The zero-order valence-electron chi connectivity index (χ0n) is 17.8.